The van der Waals surface area contributed by atoms with Gasteiger partial charge in [0.1, 0.15) is 0 Å². The normalized spacial score (nSPS) is 28.8. The SMILES string of the molecule is O=C(C1CCCCC1)N1C[C@@H]2C[C@H](C1)c1c(C3CCCCC3)ccc(=O)n1C2. The van der Waals surface area contributed by atoms with E-state index in [-0.39, 0.29) is 11.5 Å². The maximum atomic E-state index is 13.2. The van der Waals surface area contributed by atoms with Gasteiger partial charge in [-0.25, -0.2) is 0 Å². The van der Waals surface area contributed by atoms with Gasteiger partial charge in [0.15, 0.2) is 0 Å². The van der Waals surface area contributed by atoms with Crippen LogP contribution in [0.3, 0.4) is 0 Å². The molecule has 28 heavy (non-hydrogen) atoms. The highest BCUT2D eigenvalue weighted by molar-refractivity contribution is 5.79. The summed E-state index contributed by atoms with van der Waals surface area (Å²) in [6, 6.07) is 3.94. The van der Waals surface area contributed by atoms with E-state index < -0.39 is 0 Å². The number of pyridine rings is 1. The van der Waals surface area contributed by atoms with E-state index in [1.165, 1.54) is 62.6 Å². The molecular weight excluding hydrogens is 348 g/mol. The lowest BCUT2D eigenvalue weighted by Crippen LogP contribution is -2.51. The highest BCUT2D eigenvalue weighted by Gasteiger charge is 2.40. The Labute approximate surface area is 168 Å². The number of rotatable bonds is 2. The Kier molecular flexibility index (Phi) is 5.06. The van der Waals surface area contributed by atoms with Crippen LogP contribution in [-0.4, -0.2) is 28.5 Å². The molecule has 0 unspecified atom stereocenters. The van der Waals surface area contributed by atoms with Crippen LogP contribution in [0.4, 0.5) is 0 Å². The molecule has 1 saturated heterocycles. The number of hydrogen-bond acceptors (Lipinski definition) is 2. The molecule has 2 saturated carbocycles. The zero-order chi connectivity index (χ0) is 19.1. The fourth-order valence-electron chi connectivity index (χ4n) is 6.59. The van der Waals surface area contributed by atoms with E-state index in [0.717, 1.165) is 38.9 Å². The van der Waals surface area contributed by atoms with E-state index >= 15 is 0 Å². The molecule has 1 aromatic heterocycles. The van der Waals surface area contributed by atoms with Crippen molar-refractivity contribution in [1.29, 1.82) is 0 Å². The molecule has 0 aromatic carbocycles. The average Bonchev–Trinajstić information content (AvgIpc) is 2.75. The van der Waals surface area contributed by atoms with Crippen LogP contribution < -0.4 is 5.56 Å². The van der Waals surface area contributed by atoms with Crippen LogP contribution in [0.25, 0.3) is 0 Å². The average molecular weight is 383 g/mol. The first kappa shape index (κ1) is 18.4. The van der Waals surface area contributed by atoms with Crippen molar-refractivity contribution in [3.8, 4) is 0 Å². The first-order chi connectivity index (χ1) is 13.7. The summed E-state index contributed by atoms with van der Waals surface area (Å²) in [6.07, 6.45) is 13.5. The number of hydrogen-bond donors (Lipinski definition) is 0. The van der Waals surface area contributed by atoms with Crippen LogP contribution >= 0.6 is 0 Å². The van der Waals surface area contributed by atoms with Crippen molar-refractivity contribution in [2.75, 3.05) is 13.1 Å². The molecule has 0 spiro atoms. The lowest BCUT2D eigenvalue weighted by atomic mass is 9.76. The molecular formula is C24H34N2O2. The maximum absolute atomic E-state index is 13.2. The minimum atomic E-state index is 0.163. The minimum absolute atomic E-state index is 0.163. The Morgan fingerprint density at radius 1 is 0.821 bits per heavy atom. The van der Waals surface area contributed by atoms with Gasteiger partial charge in [-0.1, -0.05) is 44.6 Å². The number of aromatic nitrogens is 1. The molecule has 2 aliphatic heterocycles. The number of carbonyl (C=O) groups excluding carboxylic acids is 1. The van der Waals surface area contributed by atoms with Gasteiger partial charge in [0.2, 0.25) is 5.91 Å². The molecule has 0 radical (unpaired) electrons. The summed E-state index contributed by atoms with van der Waals surface area (Å²) in [5.41, 5.74) is 2.88. The second kappa shape index (κ2) is 7.68. The number of amides is 1. The van der Waals surface area contributed by atoms with E-state index in [4.69, 9.17) is 0 Å². The molecule has 3 heterocycles. The van der Waals surface area contributed by atoms with Crippen molar-refractivity contribution in [1.82, 2.24) is 9.47 Å². The zero-order valence-corrected chi connectivity index (χ0v) is 17.1. The molecule has 4 aliphatic rings. The van der Waals surface area contributed by atoms with Crippen molar-refractivity contribution < 1.29 is 4.79 Å². The monoisotopic (exact) mass is 382 g/mol. The van der Waals surface area contributed by atoms with E-state index in [2.05, 4.69) is 15.5 Å². The van der Waals surface area contributed by atoms with Crippen LogP contribution in [-0.2, 0) is 11.3 Å². The molecule has 152 valence electrons. The molecule has 1 aromatic rings. The predicted molar refractivity (Wildman–Crippen MR) is 111 cm³/mol. The highest BCUT2D eigenvalue weighted by atomic mass is 16.2. The van der Waals surface area contributed by atoms with Crippen LogP contribution in [0.15, 0.2) is 16.9 Å². The molecule has 4 heteroatoms. The standard InChI is InChI=1S/C24H34N2O2/c27-22-12-11-21(18-7-3-1-4-8-18)23-20-13-17(15-26(22)23)14-25(16-20)24(28)19-9-5-2-6-10-19/h11-12,17-20H,1-10,13-16H2/t17-,20+/m0/s1. The Hall–Kier alpha value is -1.58. The Morgan fingerprint density at radius 2 is 1.54 bits per heavy atom. The molecule has 4 nitrogen and oxygen atoms in total. The van der Waals surface area contributed by atoms with Crippen LogP contribution in [0.2, 0.25) is 0 Å². The van der Waals surface area contributed by atoms with Crippen LogP contribution in [0.1, 0.15) is 93.7 Å². The summed E-state index contributed by atoms with van der Waals surface area (Å²) >= 11 is 0. The van der Waals surface area contributed by atoms with Gasteiger partial charge < -0.3 is 9.47 Å². The topological polar surface area (TPSA) is 42.3 Å². The fourth-order valence-corrected chi connectivity index (χ4v) is 6.59. The van der Waals surface area contributed by atoms with E-state index in [0.29, 0.717) is 23.7 Å². The van der Waals surface area contributed by atoms with Gasteiger partial charge in [0.25, 0.3) is 5.56 Å². The van der Waals surface area contributed by atoms with Crippen molar-refractivity contribution in [3.05, 3.63) is 33.7 Å². The van der Waals surface area contributed by atoms with Crippen molar-refractivity contribution in [2.45, 2.75) is 89.0 Å². The Balaban J connectivity index is 1.44. The van der Waals surface area contributed by atoms with Gasteiger partial charge in [-0.3, -0.25) is 9.59 Å². The largest absolute Gasteiger partial charge is 0.341 e. The third-order valence-corrected chi connectivity index (χ3v) is 7.93. The number of nitrogens with zero attached hydrogens (tertiary/aromatic N) is 2. The van der Waals surface area contributed by atoms with Crippen LogP contribution in [0, 0.1) is 11.8 Å². The summed E-state index contributed by atoms with van der Waals surface area (Å²) in [4.78, 5) is 28.1. The van der Waals surface area contributed by atoms with Gasteiger partial charge in [0.05, 0.1) is 0 Å². The summed E-state index contributed by atoms with van der Waals surface area (Å²) in [5.74, 6) is 2.06. The third kappa shape index (κ3) is 3.33. The highest BCUT2D eigenvalue weighted by Crippen LogP contribution is 2.42. The van der Waals surface area contributed by atoms with Crippen molar-refractivity contribution in [3.63, 3.8) is 0 Å². The molecule has 2 atom stereocenters. The summed E-state index contributed by atoms with van der Waals surface area (Å²) < 4.78 is 2.09. The zero-order valence-electron chi connectivity index (χ0n) is 17.1. The van der Waals surface area contributed by atoms with E-state index in [1.807, 2.05) is 0 Å². The number of piperidine rings is 1. The lowest BCUT2D eigenvalue weighted by molar-refractivity contribution is -0.139. The third-order valence-electron chi connectivity index (χ3n) is 7.93. The number of fused-ring (bicyclic) bond motifs is 4. The molecule has 0 N–H and O–H groups in total. The van der Waals surface area contributed by atoms with Crippen molar-refractivity contribution >= 4 is 5.91 Å². The number of carbonyl (C=O) groups is 1. The molecule has 2 aliphatic carbocycles. The fraction of sp³-hybridized carbons (Fsp3) is 0.750. The van der Waals surface area contributed by atoms with Gasteiger partial charge in [-0.15, -0.1) is 0 Å². The Morgan fingerprint density at radius 3 is 2.29 bits per heavy atom. The molecule has 5 rings (SSSR count). The summed E-state index contributed by atoms with van der Waals surface area (Å²) in [6.45, 7) is 2.49. The molecule has 3 fully saturated rings. The van der Waals surface area contributed by atoms with Crippen molar-refractivity contribution in [2.24, 2.45) is 11.8 Å². The van der Waals surface area contributed by atoms with Gasteiger partial charge in [0, 0.05) is 43.2 Å². The first-order valence-corrected chi connectivity index (χ1v) is 11.7. The first-order valence-electron chi connectivity index (χ1n) is 11.7. The van der Waals surface area contributed by atoms with E-state index in [1.54, 1.807) is 6.07 Å². The molecule has 2 bridgehead atoms. The summed E-state index contributed by atoms with van der Waals surface area (Å²) in [7, 11) is 0. The minimum Gasteiger partial charge on any atom is -0.341 e. The van der Waals surface area contributed by atoms with Gasteiger partial charge in [-0.2, -0.15) is 0 Å². The predicted octanol–water partition coefficient (Wildman–Crippen LogP) is 4.42. The van der Waals surface area contributed by atoms with Gasteiger partial charge >= 0.3 is 0 Å². The second-order valence-corrected chi connectivity index (χ2v) is 9.83. The number of likely N-dealkylation sites (tertiary alicyclic amines) is 1. The molecule has 1 amide bonds. The maximum Gasteiger partial charge on any atom is 0.250 e. The van der Waals surface area contributed by atoms with Crippen LogP contribution in [0.5, 0.6) is 0 Å². The van der Waals surface area contributed by atoms with Gasteiger partial charge in [-0.05, 0) is 49.5 Å². The summed E-state index contributed by atoms with van der Waals surface area (Å²) in [5, 5.41) is 0. The second-order valence-electron chi connectivity index (χ2n) is 9.83. The smallest absolute Gasteiger partial charge is 0.250 e. The quantitative estimate of drug-likeness (QED) is 0.760. The van der Waals surface area contributed by atoms with E-state index in [9.17, 15) is 9.59 Å². The Bertz CT molecular complexity index is 786. The lowest BCUT2D eigenvalue weighted by Gasteiger charge is -2.45.